The van der Waals surface area contributed by atoms with E-state index in [1.165, 1.54) is 0 Å². The van der Waals surface area contributed by atoms with E-state index < -0.39 is 6.04 Å². The predicted molar refractivity (Wildman–Crippen MR) is 113 cm³/mol. The van der Waals surface area contributed by atoms with Gasteiger partial charge in [0.25, 0.3) is 5.91 Å². The third-order valence-corrected chi connectivity index (χ3v) is 4.54. The first-order valence-electron chi connectivity index (χ1n) is 9.26. The molecule has 0 bridgehead atoms. The Hall–Kier alpha value is -3.80. The van der Waals surface area contributed by atoms with E-state index in [9.17, 15) is 4.79 Å². The number of aromatic nitrogens is 1. The lowest BCUT2D eigenvalue weighted by atomic mass is 10.1. The molecule has 0 aliphatic rings. The molecule has 2 N–H and O–H groups in total. The van der Waals surface area contributed by atoms with E-state index in [-0.39, 0.29) is 5.91 Å². The number of anilines is 2. The molecular formula is C23H21N3O3. The van der Waals surface area contributed by atoms with E-state index >= 15 is 0 Å². The van der Waals surface area contributed by atoms with Crippen LogP contribution in [0.1, 0.15) is 17.5 Å². The third kappa shape index (κ3) is 4.21. The molecule has 146 valence electrons. The summed E-state index contributed by atoms with van der Waals surface area (Å²) in [4.78, 5) is 17.5. The number of hydrogen-bond donors (Lipinski definition) is 2. The van der Waals surface area contributed by atoms with Crippen LogP contribution in [0.4, 0.5) is 11.4 Å². The topological polar surface area (TPSA) is 76.4 Å². The number of carbonyl (C=O) groups excluding carboxylic acids is 1. The molecule has 0 saturated carbocycles. The van der Waals surface area contributed by atoms with Crippen LogP contribution in [-0.2, 0) is 4.79 Å². The van der Waals surface area contributed by atoms with Gasteiger partial charge in [-0.05, 0) is 35.9 Å². The van der Waals surface area contributed by atoms with Crippen LogP contribution in [0, 0.1) is 6.92 Å². The molecule has 6 nitrogen and oxygen atoms in total. The van der Waals surface area contributed by atoms with Crippen molar-refractivity contribution in [3.8, 4) is 5.75 Å². The standard InChI is InChI=1S/C23H21N3O3/c1-15-24-20-14-18(11-12-21(20)29-15)25-22(16-7-4-3-5-8-16)23(27)26-17-9-6-10-19(13-17)28-2/h3-14,22,25H,1-2H3,(H,26,27)/t22-/m1/s1. The molecule has 0 saturated heterocycles. The SMILES string of the molecule is COc1cccc(NC(=O)[C@H](Nc2ccc3oc(C)nc3c2)c2ccccc2)c1. The number of ether oxygens (including phenoxy) is 1. The summed E-state index contributed by atoms with van der Waals surface area (Å²) in [6, 6.07) is 21.9. The Morgan fingerprint density at radius 3 is 2.62 bits per heavy atom. The Kier molecular flexibility index (Phi) is 5.16. The molecule has 4 rings (SSSR count). The number of fused-ring (bicyclic) bond motifs is 1. The molecule has 1 atom stereocenters. The van der Waals surface area contributed by atoms with Crippen molar-refractivity contribution in [1.29, 1.82) is 0 Å². The highest BCUT2D eigenvalue weighted by molar-refractivity contribution is 5.97. The van der Waals surface area contributed by atoms with Gasteiger partial charge in [-0.1, -0.05) is 36.4 Å². The molecule has 0 fully saturated rings. The first-order valence-corrected chi connectivity index (χ1v) is 9.26. The van der Waals surface area contributed by atoms with Crippen molar-refractivity contribution in [3.63, 3.8) is 0 Å². The molecule has 29 heavy (non-hydrogen) atoms. The van der Waals surface area contributed by atoms with Crippen LogP contribution in [0.15, 0.2) is 77.2 Å². The maximum Gasteiger partial charge on any atom is 0.251 e. The lowest BCUT2D eigenvalue weighted by Crippen LogP contribution is -2.27. The second-order valence-electron chi connectivity index (χ2n) is 6.62. The minimum Gasteiger partial charge on any atom is -0.497 e. The molecule has 0 unspecified atom stereocenters. The van der Waals surface area contributed by atoms with Crippen molar-refractivity contribution >= 4 is 28.4 Å². The van der Waals surface area contributed by atoms with Crippen molar-refractivity contribution in [1.82, 2.24) is 4.98 Å². The number of amides is 1. The Labute approximate surface area is 168 Å². The molecule has 1 heterocycles. The van der Waals surface area contributed by atoms with Gasteiger partial charge in [0.1, 0.15) is 17.3 Å². The van der Waals surface area contributed by atoms with Crippen LogP contribution >= 0.6 is 0 Å². The van der Waals surface area contributed by atoms with Gasteiger partial charge in [-0.15, -0.1) is 0 Å². The van der Waals surface area contributed by atoms with Crippen molar-refractivity contribution in [2.24, 2.45) is 0 Å². The second kappa shape index (κ2) is 8.06. The van der Waals surface area contributed by atoms with Crippen LogP contribution < -0.4 is 15.4 Å². The van der Waals surface area contributed by atoms with E-state index in [1.807, 2.05) is 66.7 Å². The van der Waals surface area contributed by atoms with Crippen LogP contribution in [0.3, 0.4) is 0 Å². The van der Waals surface area contributed by atoms with Crippen LogP contribution in [0.25, 0.3) is 11.1 Å². The highest BCUT2D eigenvalue weighted by atomic mass is 16.5. The van der Waals surface area contributed by atoms with E-state index in [0.717, 1.165) is 16.8 Å². The summed E-state index contributed by atoms with van der Waals surface area (Å²) < 4.78 is 10.8. The van der Waals surface area contributed by atoms with Gasteiger partial charge in [0.15, 0.2) is 11.5 Å². The zero-order valence-electron chi connectivity index (χ0n) is 16.2. The van der Waals surface area contributed by atoms with E-state index in [0.29, 0.717) is 22.9 Å². The summed E-state index contributed by atoms with van der Waals surface area (Å²) in [5, 5.41) is 6.28. The van der Waals surface area contributed by atoms with E-state index in [4.69, 9.17) is 9.15 Å². The minimum atomic E-state index is -0.590. The van der Waals surface area contributed by atoms with Crippen molar-refractivity contribution in [3.05, 3.63) is 84.3 Å². The van der Waals surface area contributed by atoms with Gasteiger partial charge in [0.05, 0.1) is 7.11 Å². The number of nitrogens with zero attached hydrogens (tertiary/aromatic N) is 1. The fraction of sp³-hybridized carbons (Fsp3) is 0.130. The number of oxazole rings is 1. The molecule has 0 radical (unpaired) electrons. The molecule has 0 aliphatic carbocycles. The van der Waals surface area contributed by atoms with Gasteiger partial charge in [0.2, 0.25) is 0 Å². The summed E-state index contributed by atoms with van der Waals surface area (Å²) >= 11 is 0. The van der Waals surface area contributed by atoms with Crippen molar-refractivity contribution in [2.75, 3.05) is 17.7 Å². The molecule has 1 amide bonds. The lowest BCUT2D eigenvalue weighted by Gasteiger charge is -2.20. The lowest BCUT2D eigenvalue weighted by molar-refractivity contribution is -0.117. The minimum absolute atomic E-state index is 0.180. The first-order chi connectivity index (χ1) is 14.1. The van der Waals surface area contributed by atoms with Crippen LogP contribution in [0.2, 0.25) is 0 Å². The number of aryl methyl sites for hydroxylation is 1. The number of nitrogens with one attached hydrogen (secondary N) is 2. The molecule has 0 spiro atoms. The summed E-state index contributed by atoms with van der Waals surface area (Å²) in [6.07, 6.45) is 0. The maximum atomic E-state index is 13.1. The Bertz CT molecular complexity index is 1140. The third-order valence-electron chi connectivity index (χ3n) is 4.54. The van der Waals surface area contributed by atoms with Crippen molar-refractivity contribution < 1.29 is 13.9 Å². The number of methoxy groups -OCH3 is 1. The zero-order valence-corrected chi connectivity index (χ0v) is 16.2. The number of carbonyl (C=O) groups is 1. The summed E-state index contributed by atoms with van der Waals surface area (Å²) in [5.74, 6) is 1.10. The monoisotopic (exact) mass is 387 g/mol. The molecule has 0 aliphatic heterocycles. The Morgan fingerprint density at radius 1 is 1.00 bits per heavy atom. The van der Waals surface area contributed by atoms with Crippen molar-refractivity contribution in [2.45, 2.75) is 13.0 Å². The maximum absolute atomic E-state index is 13.1. The average Bonchev–Trinajstić information content (AvgIpc) is 3.12. The average molecular weight is 387 g/mol. The van der Waals surface area contributed by atoms with Crippen LogP contribution in [0.5, 0.6) is 5.75 Å². The molecule has 4 aromatic rings. The fourth-order valence-electron chi connectivity index (χ4n) is 3.16. The number of hydrogen-bond acceptors (Lipinski definition) is 5. The summed E-state index contributed by atoms with van der Waals surface area (Å²) in [7, 11) is 1.59. The first kappa shape index (κ1) is 18.6. The summed E-state index contributed by atoms with van der Waals surface area (Å²) in [5.41, 5.74) is 3.75. The quantitative estimate of drug-likeness (QED) is 0.490. The highest BCUT2D eigenvalue weighted by Gasteiger charge is 2.21. The van der Waals surface area contributed by atoms with Crippen LogP contribution in [-0.4, -0.2) is 18.0 Å². The van der Waals surface area contributed by atoms with Gasteiger partial charge in [0, 0.05) is 24.4 Å². The largest absolute Gasteiger partial charge is 0.497 e. The van der Waals surface area contributed by atoms with Gasteiger partial charge < -0.3 is 19.8 Å². The zero-order chi connectivity index (χ0) is 20.2. The molecular weight excluding hydrogens is 366 g/mol. The van der Waals surface area contributed by atoms with Gasteiger partial charge in [-0.25, -0.2) is 4.98 Å². The molecule has 3 aromatic carbocycles. The van der Waals surface area contributed by atoms with E-state index in [1.54, 1.807) is 20.1 Å². The molecule has 1 aromatic heterocycles. The Balaban J connectivity index is 1.62. The molecule has 6 heteroatoms. The van der Waals surface area contributed by atoms with Gasteiger partial charge >= 0.3 is 0 Å². The fourth-order valence-corrected chi connectivity index (χ4v) is 3.16. The normalized spacial score (nSPS) is 11.8. The predicted octanol–water partition coefficient (Wildman–Crippen LogP) is 4.94. The summed E-state index contributed by atoms with van der Waals surface area (Å²) in [6.45, 7) is 1.81. The van der Waals surface area contributed by atoms with Gasteiger partial charge in [-0.3, -0.25) is 4.79 Å². The Morgan fingerprint density at radius 2 is 1.83 bits per heavy atom. The number of rotatable bonds is 6. The van der Waals surface area contributed by atoms with Gasteiger partial charge in [-0.2, -0.15) is 0 Å². The number of benzene rings is 3. The smallest absolute Gasteiger partial charge is 0.251 e. The van der Waals surface area contributed by atoms with E-state index in [2.05, 4.69) is 15.6 Å². The second-order valence-corrected chi connectivity index (χ2v) is 6.62. The highest BCUT2D eigenvalue weighted by Crippen LogP contribution is 2.26.